The lowest BCUT2D eigenvalue weighted by Gasteiger charge is -2.10. The Labute approximate surface area is 170 Å². The second-order valence-electron chi connectivity index (χ2n) is 5.99. The summed E-state index contributed by atoms with van der Waals surface area (Å²) in [5.41, 5.74) is 3.31. The Morgan fingerprint density at radius 1 is 1.00 bits per heavy atom. The van der Waals surface area contributed by atoms with Crippen molar-refractivity contribution in [2.75, 3.05) is 5.32 Å². The standard InChI is InChI=1S/C21H14Cl2N2OS/c22-14-10-9-13(16(23)12-14)11-20(26)24-17-6-2-1-5-15(17)21-25-18-7-3-4-8-19(18)27-21/h1-10,12H,11H2,(H,24,26). The van der Waals surface area contributed by atoms with E-state index in [2.05, 4.69) is 5.32 Å². The van der Waals surface area contributed by atoms with Crippen molar-refractivity contribution >= 4 is 56.3 Å². The van der Waals surface area contributed by atoms with Crippen LogP contribution in [0.3, 0.4) is 0 Å². The molecular formula is C21H14Cl2N2OS. The van der Waals surface area contributed by atoms with Crippen LogP contribution in [0.2, 0.25) is 10.0 Å². The SMILES string of the molecule is O=C(Cc1ccc(Cl)cc1Cl)Nc1ccccc1-c1nc2ccccc2s1. The lowest BCUT2D eigenvalue weighted by Crippen LogP contribution is -2.15. The molecule has 6 heteroatoms. The summed E-state index contributed by atoms with van der Waals surface area (Å²) in [6, 6.07) is 20.8. The van der Waals surface area contributed by atoms with Gasteiger partial charge in [0.15, 0.2) is 0 Å². The molecule has 0 aliphatic rings. The maximum Gasteiger partial charge on any atom is 0.228 e. The predicted molar refractivity (Wildman–Crippen MR) is 114 cm³/mol. The van der Waals surface area contributed by atoms with Crippen LogP contribution in [0, 0.1) is 0 Å². The van der Waals surface area contributed by atoms with Crippen molar-refractivity contribution in [1.29, 1.82) is 0 Å². The number of benzene rings is 3. The molecule has 134 valence electrons. The van der Waals surface area contributed by atoms with Gasteiger partial charge in [-0.05, 0) is 42.0 Å². The molecule has 3 aromatic carbocycles. The summed E-state index contributed by atoms with van der Waals surface area (Å²) >= 11 is 13.7. The van der Waals surface area contributed by atoms with Gasteiger partial charge in [0.2, 0.25) is 5.91 Å². The molecule has 1 heterocycles. The van der Waals surface area contributed by atoms with Gasteiger partial charge in [-0.1, -0.05) is 53.5 Å². The average Bonchev–Trinajstić information content (AvgIpc) is 3.08. The minimum absolute atomic E-state index is 0.146. The lowest BCUT2D eigenvalue weighted by atomic mass is 10.1. The van der Waals surface area contributed by atoms with Gasteiger partial charge in [0, 0.05) is 15.6 Å². The van der Waals surface area contributed by atoms with Crippen molar-refractivity contribution in [2.24, 2.45) is 0 Å². The van der Waals surface area contributed by atoms with Gasteiger partial charge in [-0.15, -0.1) is 11.3 Å². The number of aromatic nitrogens is 1. The van der Waals surface area contributed by atoms with Crippen LogP contribution in [0.25, 0.3) is 20.8 Å². The number of para-hydroxylation sites is 2. The predicted octanol–water partition coefficient (Wildman–Crippen LogP) is 6.45. The smallest absolute Gasteiger partial charge is 0.228 e. The molecule has 4 aromatic rings. The first kappa shape index (κ1) is 18.0. The summed E-state index contributed by atoms with van der Waals surface area (Å²) in [5, 5.41) is 4.88. The largest absolute Gasteiger partial charge is 0.325 e. The van der Waals surface area contributed by atoms with Crippen LogP contribution >= 0.6 is 34.5 Å². The molecule has 4 rings (SSSR count). The maximum atomic E-state index is 12.6. The number of nitrogens with one attached hydrogen (secondary N) is 1. The molecular weight excluding hydrogens is 399 g/mol. The number of carbonyl (C=O) groups is 1. The molecule has 1 amide bonds. The fraction of sp³-hybridized carbons (Fsp3) is 0.0476. The van der Waals surface area contributed by atoms with E-state index in [1.807, 2.05) is 48.5 Å². The van der Waals surface area contributed by atoms with Crippen LogP contribution in [0.15, 0.2) is 66.7 Å². The van der Waals surface area contributed by atoms with E-state index in [4.69, 9.17) is 28.2 Å². The number of hydrogen-bond acceptors (Lipinski definition) is 3. The van der Waals surface area contributed by atoms with E-state index < -0.39 is 0 Å². The third-order valence-corrected chi connectivity index (χ3v) is 5.75. The van der Waals surface area contributed by atoms with Gasteiger partial charge in [0.1, 0.15) is 5.01 Å². The van der Waals surface area contributed by atoms with Crippen molar-refractivity contribution in [3.63, 3.8) is 0 Å². The number of halogens is 2. The molecule has 0 fully saturated rings. The van der Waals surface area contributed by atoms with Gasteiger partial charge >= 0.3 is 0 Å². The number of amides is 1. The Hall–Kier alpha value is -2.40. The van der Waals surface area contributed by atoms with Crippen molar-refractivity contribution in [3.8, 4) is 10.6 Å². The van der Waals surface area contributed by atoms with Crippen molar-refractivity contribution in [1.82, 2.24) is 4.98 Å². The summed E-state index contributed by atoms with van der Waals surface area (Å²) in [5.74, 6) is -0.146. The Balaban J connectivity index is 1.60. The number of carbonyl (C=O) groups excluding carboxylic acids is 1. The molecule has 0 saturated carbocycles. The first-order chi connectivity index (χ1) is 13.1. The number of fused-ring (bicyclic) bond motifs is 1. The van der Waals surface area contributed by atoms with Crippen LogP contribution in [-0.4, -0.2) is 10.9 Å². The zero-order valence-corrected chi connectivity index (χ0v) is 16.4. The molecule has 3 nitrogen and oxygen atoms in total. The normalized spacial score (nSPS) is 10.9. The van der Waals surface area contributed by atoms with E-state index in [1.165, 1.54) is 0 Å². The van der Waals surface area contributed by atoms with Gasteiger partial charge in [0.25, 0.3) is 0 Å². The monoisotopic (exact) mass is 412 g/mol. The highest BCUT2D eigenvalue weighted by Gasteiger charge is 2.13. The third-order valence-electron chi connectivity index (χ3n) is 4.09. The molecule has 0 atom stereocenters. The van der Waals surface area contributed by atoms with Crippen LogP contribution in [0.5, 0.6) is 0 Å². The van der Waals surface area contributed by atoms with Crippen molar-refractivity contribution in [2.45, 2.75) is 6.42 Å². The zero-order valence-electron chi connectivity index (χ0n) is 14.1. The Bertz CT molecular complexity index is 1110. The molecule has 0 unspecified atom stereocenters. The first-order valence-electron chi connectivity index (χ1n) is 8.29. The van der Waals surface area contributed by atoms with Crippen LogP contribution < -0.4 is 5.32 Å². The summed E-state index contributed by atoms with van der Waals surface area (Å²) < 4.78 is 1.11. The Morgan fingerprint density at radius 3 is 2.59 bits per heavy atom. The molecule has 1 aromatic heterocycles. The number of hydrogen-bond donors (Lipinski definition) is 1. The summed E-state index contributed by atoms with van der Waals surface area (Å²) in [6.07, 6.45) is 0.171. The molecule has 0 aliphatic carbocycles. The fourth-order valence-electron chi connectivity index (χ4n) is 2.80. The highest BCUT2D eigenvalue weighted by molar-refractivity contribution is 7.21. The Morgan fingerprint density at radius 2 is 1.78 bits per heavy atom. The van der Waals surface area contributed by atoms with E-state index in [-0.39, 0.29) is 12.3 Å². The highest BCUT2D eigenvalue weighted by atomic mass is 35.5. The van der Waals surface area contributed by atoms with Gasteiger partial charge in [-0.3, -0.25) is 4.79 Å². The molecule has 27 heavy (non-hydrogen) atoms. The molecule has 0 radical (unpaired) electrons. The summed E-state index contributed by atoms with van der Waals surface area (Å²) in [7, 11) is 0. The lowest BCUT2D eigenvalue weighted by molar-refractivity contribution is -0.115. The molecule has 0 saturated heterocycles. The van der Waals surface area contributed by atoms with Crippen LogP contribution in [0.1, 0.15) is 5.56 Å². The zero-order chi connectivity index (χ0) is 18.8. The molecule has 0 spiro atoms. The molecule has 0 bridgehead atoms. The van der Waals surface area contributed by atoms with Gasteiger partial charge in [0.05, 0.1) is 22.3 Å². The average molecular weight is 413 g/mol. The fourth-order valence-corrected chi connectivity index (χ4v) is 4.28. The first-order valence-corrected chi connectivity index (χ1v) is 9.86. The van der Waals surface area contributed by atoms with Crippen molar-refractivity contribution < 1.29 is 4.79 Å². The highest BCUT2D eigenvalue weighted by Crippen LogP contribution is 2.34. The number of rotatable bonds is 4. The van der Waals surface area contributed by atoms with E-state index in [9.17, 15) is 4.79 Å². The van der Waals surface area contributed by atoms with E-state index in [1.54, 1.807) is 29.5 Å². The number of nitrogens with zero attached hydrogens (tertiary/aromatic N) is 1. The van der Waals surface area contributed by atoms with E-state index >= 15 is 0 Å². The second kappa shape index (κ2) is 7.69. The van der Waals surface area contributed by atoms with Crippen LogP contribution in [-0.2, 0) is 11.2 Å². The quantitative estimate of drug-likeness (QED) is 0.418. The number of anilines is 1. The maximum absolute atomic E-state index is 12.6. The molecule has 0 aliphatic heterocycles. The summed E-state index contributed by atoms with van der Waals surface area (Å²) in [4.78, 5) is 17.2. The minimum Gasteiger partial charge on any atom is -0.325 e. The van der Waals surface area contributed by atoms with Gasteiger partial charge in [-0.2, -0.15) is 0 Å². The molecule has 1 N–H and O–H groups in total. The second-order valence-corrected chi connectivity index (χ2v) is 7.87. The van der Waals surface area contributed by atoms with Crippen LogP contribution in [0.4, 0.5) is 5.69 Å². The third kappa shape index (κ3) is 3.98. The van der Waals surface area contributed by atoms with Gasteiger partial charge < -0.3 is 5.32 Å². The van der Waals surface area contributed by atoms with E-state index in [0.717, 1.165) is 32.0 Å². The number of thiazole rings is 1. The topological polar surface area (TPSA) is 42.0 Å². The van der Waals surface area contributed by atoms with E-state index in [0.29, 0.717) is 10.0 Å². The van der Waals surface area contributed by atoms with Gasteiger partial charge in [-0.25, -0.2) is 4.98 Å². The Kier molecular flexibility index (Phi) is 5.12. The summed E-state index contributed by atoms with van der Waals surface area (Å²) in [6.45, 7) is 0. The minimum atomic E-state index is -0.146. The van der Waals surface area contributed by atoms with Crippen molar-refractivity contribution in [3.05, 3.63) is 82.3 Å².